The lowest BCUT2D eigenvalue weighted by Crippen LogP contribution is -2.46. The smallest absolute Gasteiger partial charge is 0.316 e. The van der Waals surface area contributed by atoms with E-state index in [1.54, 1.807) is 30.3 Å². The highest BCUT2D eigenvalue weighted by atomic mass is 19.3. The van der Waals surface area contributed by atoms with Crippen molar-refractivity contribution in [2.75, 3.05) is 0 Å². The van der Waals surface area contributed by atoms with Crippen LogP contribution in [0.15, 0.2) is 54.6 Å². The number of carbonyl (C=O) groups excluding carboxylic acids is 1. The molecule has 0 saturated carbocycles. The largest absolute Gasteiger partial charge is 0.391 e. The van der Waals surface area contributed by atoms with Crippen molar-refractivity contribution in [1.82, 2.24) is 10.6 Å². The van der Waals surface area contributed by atoms with Gasteiger partial charge in [-0.3, -0.25) is 0 Å². The van der Waals surface area contributed by atoms with Crippen LogP contribution < -0.4 is 10.6 Å². The zero-order valence-corrected chi connectivity index (χ0v) is 13.5. The van der Waals surface area contributed by atoms with Gasteiger partial charge in [0.05, 0.1) is 12.1 Å². The van der Waals surface area contributed by atoms with Gasteiger partial charge in [0.15, 0.2) is 0 Å². The summed E-state index contributed by atoms with van der Waals surface area (Å²) in [6.07, 6.45) is -2.25. The predicted molar refractivity (Wildman–Crippen MR) is 90.4 cm³/mol. The maximum Gasteiger partial charge on any atom is 0.316 e. The molecule has 2 aromatic carbocycles. The van der Waals surface area contributed by atoms with Crippen LogP contribution in [0.5, 0.6) is 0 Å². The number of halogens is 2. The summed E-state index contributed by atoms with van der Waals surface area (Å²) in [5.41, 5.74) is 2.20. The van der Waals surface area contributed by atoms with Crippen molar-refractivity contribution in [1.29, 1.82) is 0 Å². The average molecular weight is 346 g/mol. The normalized spacial score (nSPS) is 20.6. The van der Waals surface area contributed by atoms with Crippen molar-refractivity contribution in [3.8, 4) is 0 Å². The highest BCUT2D eigenvalue weighted by molar-refractivity contribution is 5.75. The fourth-order valence-corrected chi connectivity index (χ4v) is 3.19. The van der Waals surface area contributed by atoms with Crippen molar-refractivity contribution in [2.45, 2.75) is 37.5 Å². The van der Waals surface area contributed by atoms with Gasteiger partial charge >= 0.3 is 6.03 Å². The number of fused-ring (bicyclic) bond motifs is 1. The molecule has 0 heterocycles. The van der Waals surface area contributed by atoms with Gasteiger partial charge in [0.25, 0.3) is 6.43 Å². The molecule has 3 rings (SSSR count). The average Bonchev–Trinajstić information content (AvgIpc) is 2.62. The summed E-state index contributed by atoms with van der Waals surface area (Å²) in [6.45, 7) is 0. The molecule has 0 bridgehead atoms. The number of nitrogens with one attached hydrogen (secondary N) is 2. The minimum absolute atomic E-state index is 0.331. The molecule has 0 spiro atoms. The number of aliphatic hydroxyl groups excluding tert-OH is 1. The molecule has 0 fully saturated rings. The van der Waals surface area contributed by atoms with E-state index in [1.165, 1.54) is 0 Å². The van der Waals surface area contributed by atoms with Gasteiger partial charge in [0.2, 0.25) is 0 Å². The van der Waals surface area contributed by atoms with E-state index in [-0.39, 0.29) is 0 Å². The first-order chi connectivity index (χ1) is 12.1. The SMILES string of the molecule is O=C(NC(c1ccccc1)C(F)F)N[C@H]1c2ccccc2CC[C@H]1O. The van der Waals surface area contributed by atoms with E-state index in [2.05, 4.69) is 10.6 Å². The van der Waals surface area contributed by atoms with E-state index in [4.69, 9.17) is 0 Å². The molecule has 6 heteroatoms. The molecule has 1 aliphatic rings. The Balaban J connectivity index is 1.73. The lowest BCUT2D eigenvalue weighted by Gasteiger charge is -2.31. The van der Waals surface area contributed by atoms with Gasteiger partial charge in [-0.15, -0.1) is 0 Å². The van der Waals surface area contributed by atoms with E-state index in [9.17, 15) is 18.7 Å². The van der Waals surface area contributed by atoms with Gasteiger partial charge in [0, 0.05) is 0 Å². The third kappa shape index (κ3) is 3.96. The molecule has 3 atom stereocenters. The van der Waals surface area contributed by atoms with Crippen LogP contribution in [-0.4, -0.2) is 23.7 Å². The third-order valence-electron chi connectivity index (χ3n) is 4.47. The molecule has 3 N–H and O–H groups in total. The fraction of sp³-hybridized carbons (Fsp3) is 0.316. The van der Waals surface area contributed by atoms with Gasteiger partial charge in [-0.05, 0) is 29.5 Å². The first-order valence-electron chi connectivity index (χ1n) is 8.22. The van der Waals surface area contributed by atoms with Crippen LogP contribution in [0.3, 0.4) is 0 Å². The Morgan fingerprint density at radius 2 is 1.76 bits per heavy atom. The molecule has 2 aromatic rings. The standard InChI is InChI=1S/C19H20F2N2O2/c20-18(21)16(13-7-2-1-3-8-13)22-19(25)23-17-14-9-5-4-6-12(14)10-11-15(17)24/h1-9,15-18,24H,10-11H2,(H2,22,23,25)/t15-,16?,17+/m1/s1. The summed E-state index contributed by atoms with van der Waals surface area (Å²) in [6, 6.07) is 12.9. The number of hydrogen-bond donors (Lipinski definition) is 3. The molecule has 0 saturated heterocycles. The summed E-state index contributed by atoms with van der Waals surface area (Å²) < 4.78 is 26.7. The summed E-state index contributed by atoms with van der Waals surface area (Å²) >= 11 is 0. The Labute approximate surface area is 144 Å². The van der Waals surface area contributed by atoms with Gasteiger partial charge in [-0.2, -0.15) is 0 Å². The number of aryl methyl sites for hydroxylation is 1. The molecule has 25 heavy (non-hydrogen) atoms. The summed E-state index contributed by atoms with van der Waals surface area (Å²) in [4.78, 5) is 12.3. The van der Waals surface area contributed by atoms with Crippen LogP contribution in [0.25, 0.3) is 0 Å². The Bertz CT molecular complexity index is 724. The molecule has 132 valence electrons. The Kier molecular flexibility index (Phi) is 5.28. The summed E-state index contributed by atoms with van der Waals surface area (Å²) in [5.74, 6) is 0. The Hall–Kier alpha value is -2.47. The number of urea groups is 1. The summed E-state index contributed by atoms with van der Waals surface area (Å²) in [5, 5.41) is 15.2. The van der Waals surface area contributed by atoms with Gasteiger partial charge in [-0.25, -0.2) is 13.6 Å². The number of rotatable bonds is 4. The lowest BCUT2D eigenvalue weighted by atomic mass is 9.86. The minimum atomic E-state index is -2.74. The number of hydrogen-bond acceptors (Lipinski definition) is 2. The van der Waals surface area contributed by atoms with Crippen molar-refractivity contribution >= 4 is 6.03 Å². The maximum atomic E-state index is 13.3. The molecule has 2 amide bonds. The van der Waals surface area contributed by atoms with Crippen molar-refractivity contribution in [3.05, 3.63) is 71.3 Å². The molecule has 4 nitrogen and oxygen atoms in total. The lowest BCUT2D eigenvalue weighted by molar-refractivity contribution is 0.0950. The topological polar surface area (TPSA) is 61.4 Å². The molecule has 1 unspecified atom stereocenters. The quantitative estimate of drug-likeness (QED) is 0.795. The van der Waals surface area contributed by atoms with Crippen LogP contribution >= 0.6 is 0 Å². The van der Waals surface area contributed by atoms with E-state index >= 15 is 0 Å². The maximum absolute atomic E-state index is 13.3. The Morgan fingerprint density at radius 1 is 1.08 bits per heavy atom. The van der Waals surface area contributed by atoms with E-state index in [0.717, 1.165) is 17.5 Å². The van der Waals surface area contributed by atoms with Gasteiger partial charge in [-0.1, -0.05) is 54.6 Å². The highest BCUT2D eigenvalue weighted by Crippen LogP contribution is 2.30. The first kappa shape index (κ1) is 17.4. The van der Waals surface area contributed by atoms with Crippen LogP contribution in [0.2, 0.25) is 0 Å². The van der Waals surface area contributed by atoms with Crippen LogP contribution in [0.4, 0.5) is 13.6 Å². The van der Waals surface area contributed by atoms with E-state index in [0.29, 0.717) is 12.0 Å². The minimum Gasteiger partial charge on any atom is -0.391 e. The van der Waals surface area contributed by atoms with Gasteiger partial charge in [0.1, 0.15) is 6.04 Å². The number of amides is 2. The zero-order chi connectivity index (χ0) is 17.8. The van der Waals surface area contributed by atoms with Crippen LogP contribution in [0, 0.1) is 0 Å². The second-order valence-corrected chi connectivity index (χ2v) is 6.12. The second kappa shape index (κ2) is 7.61. The fourth-order valence-electron chi connectivity index (χ4n) is 3.19. The molecule has 0 aliphatic heterocycles. The third-order valence-corrected chi connectivity index (χ3v) is 4.47. The monoisotopic (exact) mass is 346 g/mol. The van der Waals surface area contributed by atoms with Crippen molar-refractivity contribution in [2.24, 2.45) is 0 Å². The number of benzene rings is 2. The van der Waals surface area contributed by atoms with Crippen molar-refractivity contribution < 1.29 is 18.7 Å². The number of aliphatic hydroxyl groups is 1. The van der Waals surface area contributed by atoms with Crippen LogP contribution in [0.1, 0.15) is 35.2 Å². The molecular weight excluding hydrogens is 326 g/mol. The summed E-state index contributed by atoms with van der Waals surface area (Å²) in [7, 11) is 0. The van der Waals surface area contributed by atoms with E-state index < -0.39 is 30.6 Å². The zero-order valence-electron chi connectivity index (χ0n) is 13.5. The number of carbonyl (C=O) groups is 1. The van der Waals surface area contributed by atoms with Gasteiger partial charge < -0.3 is 15.7 Å². The number of alkyl halides is 2. The molecule has 0 aromatic heterocycles. The van der Waals surface area contributed by atoms with E-state index in [1.807, 2.05) is 24.3 Å². The highest BCUT2D eigenvalue weighted by Gasteiger charge is 2.31. The van der Waals surface area contributed by atoms with Crippen molar-refractivity contribution in [3.63, 3.8) is 0 Å². The first-order valence-corrected chi connectivity index (χ1v) is 8.22. The second-order valence-electron chi connectivity index (χ2n) is 6.12. The molecule has 1 aliphatic carbocycles. The van der Waals surface area contributed by atoms with Crippen LogP contribution in [-0.2, 0) is 6.42 Å². The predicted octanol–water partition coefficient (Wildman–Crippen LogP) is 3.34. The molecule has 0 radical (unpaired) electrons. The molecular formula is C19H20F2N2O2. The Morgan fingerprint density at radius 3 is 2.48 bits per heavy atom.